The molecule has 0 saturated carbocycles. The van der Waals surface area contributed by atoms with E-state index in [2.05, 4.69) is 10.3 Å². The average molecular weight is 543 g/mol. The number of nitrogens with one attached hydrogen (secondary N) is 2. The molecule has 1 amide bonds. The van der Waals surface area contributed by atoms with Crippen molar-refractivity contribution in [2.75, 3.05) is 6.61 Å². The lowest BCUT2D eigenvalue weighted by atomic mass is 10.1. The molecule has 4 rings (SSSR count). The van der Waals surface area contributed by atoms with Crippen LogP contribution in [-0.4, -0.2) is 47.6 Å². The molecule has 0 bridgehead atoms. The summed E-state index contributed by atoms with van der Waals surface area (Å²) < 4.78 is 28.5. The Balaban J connectivity index is 1.50. The number of aliphatic hydroxyl groups excluding tert-OH is 1. The van der Waals surface area contributed by atoms with Gasteiger partial charge in [0.05, 0.1) is 17.5 Å². The van der Waals surface area contributed by atoms with Crippen LogP contribution in [-0.2, 0) is 29.5 Å². The van der Waals surface area contributed by atoms with E-state index in [1.165, 1.54) is 16.4 Å². The number of hydrogen-bond acceptors (Lipinski definition) is 6. The van der Waals surface area contributed by atoms with Crippen LogP contribution in [0.25, 0.3) is 0 Å². The fourth-order valence-corrected chi connectivity index (χ4v) is 5.52. The Hall–Kier alpha value is -4.18. The summed E-state index contributed by atoms with van der Waals surface area (Å²) in [5, 5.41) is 20.0. The zero-order valence-electron chi connectivity index (χ0n) is 21.3. The van der Waals surface area contributed by atoms with Gasteiger partial charge in [-0.25, -0.2) is 8.42 Å². The molecule has 0 radical (unpaired) electrons. The second kappa shape index (κ2) is 13.1. The second-order valence-corrected chi connectivity index (χ2v) is 11.0. The van der Waals surface area contributed by atoms with E-state index in [-0.39, 0.29) is 30.5 Å². The minimum Gasteiger partial charge on any atom is -0.394 e. The molecule has 0 saturated heterocycles. The molecule has 39 heavy (non-hydrogen) atoms. The fourth-order valence-electron chi connectivity index (χ4n) is 4.10. The van der Waals surface area contributed by atoms with E-state index < -0.39 is 16.1 Å². The minimum atomic E-state index is -3.87. The van der Waals surface area contributed by atoms with Crippen LogP contribution in [0.4, 0.5) is 0 Å². The van der Waals surface area contributed by atoms with Crippen LogP contribution in [0.2, 0.25) is 0 Å². The van der Waals surface area contributed by atoms with Crippen LogP contribution >= 0.6 is 0 Å². The number of nitrogens with zero attached hydrogens (tertiary/aromatic N) is 2. The molecule has 0 fully saturated rings. The maximum absolute atomic E-state index is 13.6. The van der Waals surface area contributed by atoms with Gasteiger partial charge >= 0.3 is 0 Å². The first kappa shape index (κ1) is 27.8. The van der Waals surface area contributed by atoms with Crippen molar-refractivity contribution in [3.8, 4) is 0 Å². The third kappa shape index (κ3) is 7.44. The lowest BCUT2D eigenvalue weighted by Gasteiger charge is -2.23. The maximum atomic E-state index is 13.6. The van der Waals surface area contributed by atoms with E-state index in [1.807, 2.05) is 36.4 Å². The van der Waals surface area contributed by atoms with Crippen LogP contribution in [0.5, 0.6) is 0 Å². The molecular formula is C30H30N4O4S. The summed E-state index contributed by atoms with van der Waals surface area (Å²) in [4.78, 5) is 17.1. The number of hydrogen-bond donors (Lipinski definition) is 3. The van der Waals surface area contributed by atoms with Crippen molar-refractivity contribution in [1.29, 1.82) is 5.41 Å². The highest BCUT2D eigenvalue weighted by Gasteiger charge is 2.25. The van der Waals surface area contributed by atoms with E-state index in [0.717, 1.165) is 17.3 Å². The molecule has 9 heteroatoms. The molecule has 0 unspecified atom stereocenters. The van der Waals surface area contributed by atoms with Gasteiger partial charge in [0.15, 0.2) is 0 Å². The standard InChI is InChI=1S/C30H30N4O4S/c31-18-24-10-14-29(15-11-24)39(37,38)34(21-26-7-4-16-32-19-26)20-25-8-12-27(13-9-25)30(36)33-28(22-35)17-23-5-2-1-3-6-23/h1-16,18-19,28,31,35H,17,20-22H2,(H,33,36)/t28-/m0/s1. The molecule has 0 aliphatic heterocycles. The number of benzene rings is 3. The van der Waals surface area contributed by atoms with Crippen molar-refractivity contribution in [2.45, 2.75) is 30.4 Å². The Morgan fingerprint density at radius 2 is 1.56 bits per heavy atom. The normalized spacial score (nSPS) is 12.2. The predicted octanol–water partition coefficient (Wildman–Crippen LogP) is 3.80. The molecule has 200 valence electrons. The highest BCUT2D eigenvalue weighted by atomic mass is 32.2. The van der Waals surface area contributed by atoms with Gasteiger partial charge in [-0.3, -0.25) is 9.78 Å². The van der Waals surface area contributed by atoms with Gasteiger partial charge in [-0.1, -0.05) is 60.7 Å². The molecule has 1 aromatic heterocycles. The van der Waals surface area contributed by atoms with E-state index in [0.29, 0.717) is 23.1 Å². The number of carbonyl (C=O) groups is 1. The van der Waals surface area contributed by atoms with Gasteiger partial charge in [-0.15, -0.1) is 0 Å². The molecule has 3 aromatic carbocycles. The summed E-state index contributed by atoms with van der Waals surface area (Å²) >= 11 is 0. The zero-order chi connectivity index (χ0) is 27.7. The van der Waals surface area contributed by atoms with Crippen LogP contribution in [0.1, 0.15) is 32.6 Å². The van der Waals surface area contributed by atoms with Gasteiger partial charge in [0, 0.05) is 37.3 Å². The minimum absolute atomic E-state index is 0.0821. The molecule has 3 N–H and O–H groups in total. The van der Waals surface area contributed by atoms with Crippen molar-refractivity contribution < 1.29 is 18.3 Å². The van der Waals surface area contributed by atoms with Crippen molar-refractivity contribution in [2.24, 2.45) is 0 Å². The Kier molecular flexibility index (Phi) is 9.32. The smallest absolute Gasteiger partial charge is 0.251 e. The Morgan fingerprint density at radius 3 is 2.18 bits per heavy atom. The fraction of sp³-hybridized carbons (Fsp3) is 0.167. The highest BCUT2D eigenvalue weighted by Crippen LogP contribution is 2.22. The monoisotopic (exact) mass is 542 g/mol. The van der Waals surface area contributed by atoms with Crippen molar-refractivity contribution in [1.82, 2.24) is 14.6 Å². The zero-order valence-corrected chi connectivity index (χ0v) is 22.1. The molecule has 0 aliphatic rings. The quantitative estimate of drug-likeness (QED) is 0.235. The van der Waals surface area contributed by atoms with Crippen LogP contribution in [0.15, 0.2) is 108 Å². The number of sulfonamides is 1. The molecule has 1 heterocycles. The summed E-state index contributed by atoms with van der Waals surface area (Å²) in [6.07, 6.45) is 4.92. The highest BCUT2D eigenvalue weighted by molar-refractivity contribution is 7.89. The van der Waals surface area contributed by atoms with E-state index in [1.54, 1.807) is 54.9 Å². The lowest BCUT2D eigenvalue weighted by Crippen LogP contribution is -2.39. The molecule has 8 nitrogen and oxygen atoms in total. The number of rotatable bonds is 12. The molecule has 4 aromatic rings. The first-order valence-electron chi connectivity index (χ1n) is 12.4. The van der Waals surface area contributed by atoms with E-state index in [9.17, 15) is 18.3 Å². The topological polar surface area (TPSA) is 123 Å². The van der Waals surface area contributed by atoms with Crippen molar-refractivity contribution in [3.63, 3.8) is 0 Å². The van der Waals surface area contributed by atoms with E-state index in [4.69, 9.17) is 5.41 Å². The third-order valence-corrected chi connectivity index (χ3v) is 8.03. The first-order chi connectivity index (χ1) is 18.9. The predicted molar refractivity (Wildman–Crippen MR) is 150 cm³/mol. The molecule has 0 spiro atoms. The van der Waals surface area contributed by atoms with Crippen molar-refractivity contribution in [3.05, 3.63) is 131 Å². The third-order valence-electron chi connectivity index (χ3n) is 6.22. The number of aromatic nitrogens is 1. The van der Waals surface area contributed by atoms with Gasteiger partial charge < -0.3 is 15.8 Å². The van der Waals surface area contributed by atoms with Gasteiger partial charge in [0.25, 0.3) is 5.91 Å². The number of aliphatic hydroxyl groups is 1. The average Bonchev–Trinajstić information content (AvgIpc) is 2.98. The molecule has 1 atom stereocenters. The van der Waals surface area contributed by atoms with Crippen LogP contribution in [0, 0.1) is 5.41 Å². The number of amides is 1. The van der Waals surface area contributed by atoms with Gasteiger partial charge in [-0.05, 0) is 59.0 Å². The Labute approximate surface area is 228 Å². The summed E-state index contributed by atoms with van der Waals surface area (Å²) in [7, 11) is -3.87. The first-order valence-corrected chi connectivity index (χ1v) is 13.9. The van der Waals surface area contributed by atoms with Crippen LogP contribution in [0.3, 0.4) is 0 Å². The lowest BCUT2D eigenvalue weighted by molar-refractivity contribution is 0.0916. The van der Waals surface area contributed by atoms with Crippen molar-refractivity contribution >= 4 is 22.1 Å². The van der Waals surface area contributed by atoms with Gasteiger partial charge in [0.2, 0.25) is 10.0 Å². The second-order valence-electron chi connectivity index (χ2n) is 9.09. The maximum Gasteiger partial charge on any atom is 0.251 e. The Morgan fingerprint density at radius 1 is 0.897 bits per heavy atom. The number of pyridine rings is 1. The summed E-state index contributed by atoms with van der Waals surface area (Å²) in [5.41, 5.74) is 3.47. The number of carbonyl (C=O) groups excluding carboxylic acids is 1. The largest absolute Gasteiger partial charge is 0.394 e. The Bertz CT molecular complexity index is 1480. The van der Waals surface area contributed by atoms with Crippen LogP contribution < -0.4 is 5.32 Å². The SMILES string of the molecule is N=Cc1ccc(S(=O)(=O)N(Cc2ccc(C(=O)N[C@H](CO)Cc3ccccc3)cc2)Cc2cccnc2)cc1. The van der Waals surface area contributed by atoms with Gasteiger partial charge in [0.1, 0.15) is 0 Å². The molecule has 0 aliphatic carbocycles. The summed E-state index contributed by atoms with van der Waals surface area (Å²) in [6, 6.07) is 25.7. The summed E-state index contributed by atoms with van der Waals surface area (Å²) in [5.74, 6) is -0.317. The molecular weight excluding hydrogens is 512 g/mol. The van der Waals surface area contributed by atoms with E-state index >= 15 is 0 Å². The van der Waals surface area contributed by atoms with Gasteiger partial charge in [-0.2, -0.15) is 4.31 Å². The summed E-state index contributed by atoms with van der Waals surface area (Å²) in [6.45, 7) is 0.00179.